The van der Waals surface area contributed by atoms with Crippen LogP contribution in [0, 0.1) is 0 Å². The first-order chi connectivity index (χ1) is 8.24. The second-order valence-electron chi connectivity index (χ2n) is 3.40. The van der Waals surface area contributed by atoms with Gasteiger partial charge in [0.1, 0.15) is 0 Å². The van der Waals surface area contributed by atoms with Crippen molar-refractivity contribution >= 4 is 11.6 Å². The predicted octanol–water partition coefficient (Wildman–Crippen LogP) is 1.80. The van der Waals surface area contributed by atoms with Crippen molar-refractivity contribution in [2.24, 2.45) is 0 Å². The summed E-state index contributed by atoms with van der Waals surface area (Å²) in [7, 11) is 1.56. The fourth-order valence-corrected chi connectivity index (χ4v) is 1.70. The van der Waals surface area contributed by atoms with Gasteiger partial charge in [-0.15, -0.1) is 0 Å². The molecule has 1 aromatic carbocycles. The van der Waals surface area contributed by atoms with E-state index in [9.17, 15) is 4.79 Å². The van der Waals surface area contributed by atoms with Gasteiger partial charge in [0.25, 0.3) is 0 Å². The standard InChI is InChI=1S/C11H11ClN2O3/c1-16-7-6-14-10(13-17-11(14)15)8-4-2-3-5-9(8)12/h2-5H,6-7H2,1H3. The Morgan fingerprint density at radius 3 is 2.94 bits per heavy atom. The molecule has 6 heteroatoms. The average Bonchev–Trinajstić information content (AvgIpc) is 2.69. The van der Waals surface area contributed by atoms with Crippen LogP contribution in [0.4, 0.5) is 0 Å². The third kappa shape index (κ3) is 2.40. The molecule has 5 nitrogen and oxygen atoms in total. The van der Waals surface area contributed by atoms with Gasteiger partial charge in [-0.25, -0.2) is 4.79 Å². The molecular weight excluding hydrogens is 244 g/mol. The summed E-state index contributed by atoms with van der Waals surface area (Å²) in [6, 6.07) is 7.14. The molecule has 2 rings (SSSR count). The molecule has 0 bridgehead atoms. The number of benzene rings is 1. The minimum absolute atomic E-state index is 0.374. The second-order valence-corrected chi connectivity index (χ2v) is 3.80. The first-order valence-corrected chi connectivity index (χ1v) is 5.42. The zero-order valence-electron chi connectivity index (χ0n) is 9.22. The molecule has 1 heterocycles. The second kappa shape index (κ2) is 5.16. The van der Waals surface area contributed by atoms with Crippen LogP contribution in [0.5, 0.6) is 0 Å². The van der Waals surface area contributed by atoms with E-state index < -0.39 is 5.76 Å². The van der Waals surface area contributed by atoms with E-state index in [1.807, 2.05) is 12.1 Å². The molecule has 0 aliphatic carbocycles. The maximum atomic E-state index is 11.5. The highest BCUT2D eigenvalue weighted by molar-refractivity contribution is 6.33. The van der Waals surface area contributed by atoms with E-state index in [2.05, 4.69) is 9.68 Å². The highest BCUT2D eigenvalue weighted by Gasteiger charge is 2.14. The fourth-order valence-electron chi connectivity index (χ4n) is 1.48. The van der Waals surface area contributed by atoms with E-state index in [1.54, 1.807) is 19.2 Å². The molecule has 0 atom stereocenters. The highest BCUT2D eigenvalue weighted by atomic mass is 35.5. The molecule has 0 N–H and O–H groups in total. The Balaban J connectivity index is 2.46. The fraction of sp³-hybridized carbons (Fsp3) is 0.273. The molecule has 0 radical (unpaired) electrons. The normalized spacial score (nSPS) is 10.7. The van der Waals surface area contributed by atoms with Gasteiger partial charge < -0.3 is 4.74 Å². The van der Waals surface area contributed by atoms with E-state index in [1.165, 1.54) is 4.57 Å². The van der Waals surface area contributed by atoms with Crippen molar-refractivity contribution in [1.82, 2.24) is 9.72 Å². The molecular formula is C11H11ClN2O3. The quantitative estimate of drug-likeness (QED) is 0.835. The summed E-state index contributed by atoms with van der Waals surface area (Å²) in [6.45, 7) is 0.776. The van der Waals surface area contributed by atoms with Crippen molar-refractivity contribution in [3.05, 3.63) is 39.8 Å². The van der Waals surface area contributed by atoms with Gasteiger partial charge in [0.05, 0.1) is 18.2 Å². The molecule has 17 heavy (non-hydrogen) atoms. The SMILES string of the molecule is COCCn1c(-c2ccccc2Cl)noc1=O. The Kier molecular flexibility index (Phi) is 3.61. The summed E-state index contributed by atoms with van der Waals surface area (Å²) in [4.78, 5) is 11.5. The van der Waals surface area contributed by atoms with Crippen LogP contribution < -0.4 is 5.76 Å². The summed E-state index contributed by atoms with van der Waals surface area (Å²) in [5.74, 6) is -0.102. The van der Waals surface area contributed by atoms with Crippen LogP contribution in [-0.4, -0.2) is 23.4 Å². The zero-order valence-corrected chi connectivity index (χ0v) is 9.98. The lowest BCUT2D eigenvalue weighted by atomic mass is 10.2. The maximum absolute atomic E-state index is 11.5. The topological polar surface area (TPSA) is 57.3 Å². The van der Waals surface area contributed by atoms with Crippen LogP contribution in [0.3, 0.4) is 0 Å². The van der Waals surface area contributed by atoms with E-state index in [4.69, 9.17) is 16.3 Å². The van der Waals surface area contributed by atoms with Gasteiger partial charge in [0, 0.05) is 12.7 Å². The molecule has 0 aliphatic rings. The molecule has 0 unspecified atom stereocenters. The van der Waals surface area contributed by atoms with E-state index in [0.717, 1.165) is 0 Å². The molecule has 90 valence electrons. The number of hydrogen-bond acceptors (Lipinski definition) is 4. The summed E-state index contributed by atoms with van der Waals surface area (Å²) in [6.07, 6.45) is 0. The number of aromatic nitrogens is 2. The van der Waals surface area contributed by atoms with Gasteiger partial charge in [0.2, 0.25) is 0 Å². The lowest BCUT2D eigenvalue weighted by molar-refractivity contribution is 0.185. The smallest absolute Gasteiger partial charge is 0.383 e. The van der Waals surface area contributed by atoms with Gasteiger partial charge in [-0.3, -0.25) is 9.09 Å². The molecule has 0 saturated heterocycles. The molecule has 2 aromatic rings. The molecule has 0 spiro atoms. The zero-order chi connectivity index (χ0) is 12.3. The Labute approximate surface area is 103 Å². The van der Waals surface area contributed by atoms with Crippen LogP contribution >= 0.6 is 11.6 Å². The van der Waals surface area contributed by atoms with Crippen molar-refractivity contribution in [2.45, 2.75) is 6.54 Å². The van der Waals surface area contributed by atoms with Gasteiger partial charge in [0.15, 0.2) is 5.82 Å². The number of hydrogen-bond donors (Lipinski definition) is 0. The molecule has 0 aliphatic heterocycles. The minimum Gasteiger partial charge on any atom is -0.383 e. The highest BCUT2D eigenvalue weighted by Crippen LogP contribution is 2.24. The lowest BCUT2D eigenvalue weighted by Crippen LogP contribution is -2.18. The maximum Gasteiger partial charge on any atom is 0.441 e. The number of rotatable bonds is 4. The Morgan fingerprint density at radius 1 is 1.47 bits per heavy atom. The van der Waals surface area contributed by atoms with Crippen LogP contribution in [-0.2, 0) is 11.3 Å². The Morgan fingerprint density at radius 2 is 2.24 bits per heavy atom. The number of ether oxygens (including phenoxy) is 1. The van der Waals surface area contributed by atoms with Gasteiger partial charge in [-0.1, -0.05) is 28.9 Å². The van der Waals surface area contributed by atoms with Crippen molar-refractivity contribution in [1.29, 1.82) is 0 Å². The summed E-state index contributed by atoms with van der Waals surface area (Å²) >= 11 is 6.05. The van der Waals surface area contributed by atoms with Crippen molar-refractivity contribution in [2.75, 3.05) is 13.7 Å². The van der Waals surface area contributed by atoms with Crippen molar-refractivity contribution in [3.63, 3.8) is 0 Å². The number of halogens is 1. The minimum atomic E-state index is -0.517. The first kappa shape index (κ1) is 11.9. The number of nitrogens with zero attached hydrogens (tertiary/aromatic N) is 2. The Bertz CT molecular complexity index is 562. The van der Waals surface area contributed by atoms with Gasteiger partial charge >= 0.3 is 5.76 Å². The van der Waals surface area contributed by atoms with Crippen LogP contribution in [0.2, 0.25) is 5.02 Å². The van der Waals surface area contributed by atoms with E-state index >= 15 is 0 Å². The van der Waals surface area contributed by atoms with Crippen LogP contribution in [0.1, 0.15) is 0 Å². The lowest BCUT2D eigenvalue weighted by Gasteiger charge is -2.04. The van der Waals surface area contributed by atoms with E-state index in [-0.39, 0.29) is 0 Å². The molecule has 1 aromatic heterocycles. The summed E-state index contributed by atoms with van der Waals surface area (Å²) in [5.41, 5.74) is 0.663. The average molecular weight is 255 g/mol. The third-order valence-corrected chi connectivity index (χ3v) is 2.65. The predicted molar refractivity (Wildman–Crippen MR) is 63.1 cm³/mol. The largest absolute Gasteiger partial charge is 0.441 e. The van der Waals surface area contributed by atoms with Crippen molar-refractivity contribution < 1.29 is 9.26 Å². The molecule has 0 fully saturated rings. The molecule has 0 saturated carbocycles. The van der Waals surface area contributed by atoms with Gasteiger partial charge in [-0.2, -0.15) is 0 Å². The van der Waals surface area contributed by atoms with Crippen LogP contribution in [0.25, 0.3) is 11.4 Å². The third-order valence-electron chi connectivity index (χ3n) is 2.32. The monoisotopic (exact) mass is 254 g/mol. The summed E-state index contributed by atoms with van der Waals surface area (Å²) < 4.78 is 11.0. The molecule has 0 amide bonds. The summed E-state index contributed by atoms with van der Waals surface area (Å²) in [5, 5.41) is 4.26. The number of methoxy groups -OCH3 is 1. The van der Waals surface area contributed by atoms with Gasteiger partial charge in [-0.05, 0) is 12.1 Å². The van der Waals surface area contributed by atoms with E-state index in [0.29, 0.717) is 29.6 Å². The Hall–Kier alpha value is -1.59. The first-order valence-electron chi connectivity index (χ1n) is 5.04. The van der Waals surface area contributed by atoms with Crippen molar-refractivity contribution in [3.8, 4) is 11.4 Å². The van der Waals surface area contributed by atoms with Crippen LogP contribution in [0.15, 0.2) is 33.6 Å².